The molecular weight excluding hydrogens is 302 g/mol. The van der Waals surface area contributed by atoms with Crippen LogP contribution >= 0.6 is 15.9 Å². The second kappa shape index (κ2) is 6.23. The fraction of sp³-hybridized carbons (Fsp3) is 0.667. The molecule has 1 N–H and O–H groups in total. The predicted octanol–water partition coefficient (Wildman–Crippen LogP) is 3.58. The van der Waals surface area contributed by atoms with Crippen LogP contribution in [0.25, 0.3) is 0 Å². The van der Waals surface area contributed by atoms with E-state index in [0.717, 1.165) is 36.5 Å². The molecule has 0 saturated carbocycles. The Morgan fingerprint density at radius 1 is 1.37 bits per heavy atom. The SMILES string of the molecule is CCNCc1cc(Br)cnc1N1CCC(C)(C)CC1. The van der Waals surface area contributed by atoms with Gasteiger partial charge < -0.3 is 10.2 Å². The van der Waals surface area contributed by atoms with Crippen molar-refractivity contribution in [3.8, 4) is 0 Å². The molecule has 19 heavy (non-hydrogen) atoms. The van der Waals surface area contributed by atoms with Crippen LogP contribution < -0.4 is 10.2 Å². The van der Waals surface area contributed by atoms with E-state index in [-0.39, 0.29) is 0 Å². The average molecular weight is 326 g/mol. The minimum Gasteiger partial charge on any atom is -0.356 e. The minimum atomic E-state index is 0.480. The van der Waals surface area contributed by atoms with E-state index in [0.29, 0.717) is 5.41 Å². The van der Waals surface area contributed by atoms with Gasteiger partial charge in [0.2, 0.25) is 0 Å². The van der Waals surface area contributed by atoms with Crippen molar-refractivity contribution in [3.05, 3.63) is 22.3 Å². The number of rotatable bonds is 4. The summed E-state index contributed by atoms with van der Waals surface area (Å²) in [5.74, 6) is 1.15. The molecule has 1 fully saturated rings. The fourth-order valence-corrected chi connectivity index (χ4v) is 2.85. The molecule has 4 heteroatoms. The van der Waals surface area contributed by atoms with Crippen LogP contribution in [0.15, 0.2) is 16.7 Å². The lowest BCUT2D eigenvalue weighted by atomic mass is 9.82. The van der Waals surface area contributed by atoms with Crippen molar-refractivity contribution in [2.45, 2.75) is 40.2 Å². The first-order valence-corrected chi connectivity index (χ1v) is 7.91. The topological polar surface area (TPSA) is 28.2 Å². The molecule has 0 unspecified atom stereocenters. The van der Waals surface area contributed by atoms with Crippen LogP contribution in [-0.2, 0) is 6.54 Å². The van der Waals surface area contributed by atoms with E-state index in [1.165, 1.54) is 18.4 Å². The minimum absolute atomic E-state index is 0.480. The van der Waals surface area contributed by atoms with E-state index < -0.39 is 0 Å². The molecule has 0 atom stereocenters. The normalized spacial score (nSPS) is 18.6. The Kier molecular flexibility index (Phi) is 4.85. The Labute approximate surface area is 124 Å². The molecule has 3 nitrogen and oxygen atoms in total. The molecule has 1 aliphatic heterocycles. The molecule has 0 amide bonds. The highest BCUT2D eigenvalue weighted by atomic mass is 79.9. The van der Waals surface area contributed by atoms with Crippen molar-refractivity contribution in [1.82, 2.24) is 10.3 Å². The first kappa shape index (κ1) is 14.8. The zero-order valence-corrected chi connectivity index (χ0v) is 13.8. The van der Waals surface area contributed by atoms with Crippen LogP contribution in [0.2, 0.25) is 0 Å². The molecule has 0 aliphatic carbocycles. The van der Waals surface area contributed by atoms with Crippen LogP contribution in [0.3, 0.4) is 0 Å². The monoisotopic (exact) mass is 325 g/mol. The number of hydrogen-bond acceptors (Lipinski definition) is 3. The van der Waals surface area contributed by atoms with Crippen LogP contribution in [-0.4, -0.2) is 24.6 Å². The van der Waals surface area contributed by atoms with Crippen molar-refractivity contribution >= 4 is 21.7 Å². The summed E-state index contributed by atoms with van der Waals surface area (Å²) in [6.07, 6.45) is 4.39. The van der Waals surface area contributed by atoms with E-state index in [1.54, 1.807) is 0 Å². The average Bonchev–Trinajstić information content (AvgIpc) is 2.37. The molecule has 0 radical (unpaired) electrons. The van der Waals surface area contributed by atoms with Crippen molar-refractivity contribution in [2.75, 3.05) is 24.5 Å². The first-order valence-electron chi connectivity index (χ1n) is 7.12. The number of piperidine rings is 1. The molecule has 0 bridgehead atoms. The molecule has 0 spiro atoms. The van der Waals surface area contributed by atoms with Crippen molar-refractivity contribution < 1.29 is 0 Å². The molecule has 1 aromatic rings. The second-order valence-electron chi connectivity index (χ2n) is 6.07. The second-order valence-corrected chi connectivity index (χ2v) is 6.98. The number of halogens is 1. The van der Waals surface area contributed by atoms with E-state index in [1.807, 2.05) is 6.20 Å². The largest absolute Gasteiger partial charge is 0.356 e. The number of hydrogen-bond donors (Lipinski definition) is 1. The van der Waals surface area contributed by atoms with Gasteiger partial charge in [-0.3, -0.25) is 0 Å². The summed E-state index contributed by atoms with van der Waals surface area (Å²) < 4.78 is 1.06. The molecule has 2 rings (SSSR count). The summed E-state index contributed by atoms with van der Waals surface area (Å²) in [4.78, 5) is 7.08. The number of aromatic nitrogens is 1. The van der Waals surface area contributed by atoms with Crippen LogP contribution in [0.5, 0.6) is 0 Å². The van der Waals surface area contributed by atoms with Gasteiger partial charge in [-0.15, -0.1) is 0 Å². The van der Waals surface area contributed by atoms with Crippen molar-refractivity contribution in [2.24, 2.45) is 5.41 Å². The molecule has 1 aromatic heterocycles. The highest BCUT2D eigenvalue weighted by Gasteiger charge is 2.26. The standard InChI is InChI=1S/C15H24BrN3/c1-4-17-10-12-9-13(16)11-18-14(12)19-7-5-15(2,3)6-8-19/h9,11,17H,4-8,10H2,1-3H3. The van der Waals surface area contributed by atoms with Crippen LogP contribution in [0, 0.1) is 5.41 Å². The lowest BCUT2D eigenvalue weighted by Crippen LogP contribution is -2.38. The Balaban J connectivity index is 2.15. The third-order valence-electron chi connectivity index (χ3n) is 3.89. The van der Waals surface area contributed by atoms with Gasteiger partial charge in [0.05, 0.1) is 0 Å². The third-order valence-corrected chi connectivity index (χ3v) is 4.33. The van der Waals surface area contributed by atoms with Gasteiger partial charge in [0.25, 0.3) is 0 Å². The Hall–Kier alpha value is -0.610. The Morgan fingerprint density at radius 3 is 2.68 bits per heavy atom. The van der Waals surface area contributed by atoms with Crippen molar-refractivity contribution in [3.63, 3.8) is 0 Å². The summed E-state index contributed by atoms with van der Waals surface area (Å²) in [6, 6.07) is 2.19. The number of pyridine rings is 1. The number of nitrogens with one attached hydrogen (secondary N) is 1. The highest BCUT2D eigenvalue weighted by molar-refractivity contribution is 9.10. The smallest absolute Gasteiger partial charge is 0.133 e. The molecule has 106 valence electrons. The summed E-state index contributed by atoms with van der Waals surface area (Å²) in [7, 11) is 0. The van der Waals surface area contributed by atoms with Gasteiger partial charge in [-0.2, -0.15) is 0 Å². The summed E-state index contributed by atoms with van der Waals surface area (Å²) in [6.45, 7) is 10.9. The fourth-order valence-electron chi connectivity index (χ4n) is 2.47. The maximum atomic E-state index is 4.64. The predicted molar refractivity (Wildman–Crippen MR) is 84.5 cm³/mol. The molecule has 1 aliphatic rings. The summed E-state index contributed by atoms with van der Waals surface area (Å²) in [5.41, 5.74) is 1.77. The van der Waals surface area contributed by atoms with Gasteiger partial charge in [0.1, 0.15) is 5.82 Å². The van der Waals surface area contributed by atoms with E-state index in [4.69, 9.17) is 0 Å². The van der Waals surface area contributed by atoms with Gasteiger partial charge in [-0.25, -0.2) is 4.98 Å². The van der Waals surface area contributed by atoms with Gasteiger partial charge in [-0.05, 0) is 46.8 Å². The van der Waals surface area contributed by atoms with Crippen LogP contribution in [0.4, 0.5) is 5.82 Å². The highest BCUT2D eigenvalue weighted by Crippen LogP contribution is 2.33. The Morgan fingerprint density at radius 2 is 2.05 bits per heavy atom. The quantitative estimate of drug-likeness (QED) is 0.917. The van der Waals surface area contributed by atoms with Crippen LogP contribution in [0.1, 0.15) is 39.2 Å². The van der Waals surface area contributed by atoms with Crippen molar-refractivity contribution in [1.29, 1.82) is 0 Å². The maximum absolute atomic E-state index is 4.64. The zero-order valence-electron chi connectivity index (χ0n) is 12.2. The van der Waals surface area contributed by atoms with E-state index in [2.05, 4.69) is 58.0 Å². The maximum Gasteiger partial charge on any atom is 0.133 e. The number of anilines is 1. The number of nitrogens with zero attached hydrogens (tertiary/aromatic N) is 2. The van der Waals surface area contributed by atoms with E-state index >= 15 is 0 Å². The molecular formula is C15H24BrN3. The van der Waals surface area contributed by atoms with Gasteiger partial charge in [-0.1, -0.05) is 20.8 Å². The lowest BCUT2D eigenvalue weighted by Gasteiger charge is -2.38. The third kappa shape index (κ3) is 3.93. The summed E-state index contributed by atoms with van der Waals surface area (Å²) >= 11 is 3.52. The Bertz CT molecular complexity index is 421. The zero-order chi connectivity index (χ0) is 13.9. The van der Waals surface area contributed by atoms with Gasteiger partial charge in [0, 0.05) is 35.9 Å². The summed E-state index contributed by atoms with van der Waals surface area (Å²) in [5, 5.41) is 3.40. The first-order chi connectivity index (χ1) is 9.02. The van der Waals surface area contributed by atoms with Gasteiger partial charge >= 0.3 is 0 Å². The van der Waals surface area contributed by atoms with Gasteiger partial charge in [0.15, 0.2) is 0 Å². The molecule has 0 aromatic carbocycles. The molecule has 2 heterocycles. The molecule has 1 saturated heterocycles. The van der Waals surface area contributed by atoms with E-state index in [9.17, 15) is 0 Å². The lowest BCUT2D eigenvalue weighted by molar-refractivity contribution is 0.279.